The molecule has 0 bridgehead atoms. The molecule has 0 fully saturated rings. The van der Waals surface area contributed by atoms with Crippen molar-refractivity contribution in [1.29, 1.82) is 0 Å². The lowest BCUT2D eigenvalue weighted by Gasteiger charge is -2.13. The lowest BCUT2D eigenvalue weighted by molar-refractivity contribution is 0.0282. The Labute approximate surface area is 119 Å². The van der Waals surface area contributed by atoms with Gasteiger partial charge >= 0.3 is 0 Å². The SMILES string of the molecule is OC(CNc1cc(F)cc(F)c1F)COCc1ccco1. The molecule has 0 saturated heterocycles. The average molecular weight is 301 g/mol. The number of nitrogens with one attached hydrogen (secondary N) is 1. The van der Waals surface area contributed by atoms with Crippen LogP contribution in [0.1, 0.15) is 5.76 Å². The molecule has 0 saturated carbocycles. The number of rotatable bonds is 7. The minimum absolute atomic E-state index is 0.0346. The first kappa shape index (κ1) is 15.4. The molecule has 2 aromatic rings. The van der Waals surface area contributed by atoms with E-state index in [9.17, 15) is 18.3 Å². The summed E-state index contributed by atoms with van der Waals surface area (Å²) in [4.78, 5) is 0. The average Bonchev–Trinajstić information content (AvgIpc) is 2.94. The summed E-state index contributed by atoms with van der Waals surface area (Å²) >= 11 is 0. The van der Waals surface area contributed by atoms with Crippen LogP contribution in [0.4, 0.5) is 18.9 Å². The molecule has 1 aromatic heterocycles. The highest BCUT2D eigenvalue weighted by Crippen LogP contribution is 2.19. The monoisotopic (exact) mass is 301 g/mol. The first-order valence-corrected chi connectivity index (χ1v) is 6.23. The summed E-state index contributed by atoms with van der Waals surface area (Å²) in [7, 11) is 0. The van der Waals surface area contributed by atoms with Gasteiger partial charge in [0, 0.05) is 18.7 Å². The zero-order valence-corrected chi connectivity index (χ0v) is 11.0. The van der Waals surface area contributed by atoms with Crippen molar-refractivity contribution in [3.63, 3.8) is 0 Å². The number of hydrogen-bond donors (Lipinski definition) is 2. The molecule has 1 heterocycles. The van der Waals surface area contributed by atoms with Gasteiger partial charge in [-0.25, -0.2) is 13.2 Å². The van der Waals surface area contributed by atoms with E-state index in [1.54, 1.807) is 12.1 Å². The Morgan fingerprint density at radius 1 is 1.29 bits per heavy atom. The van der Waals surface area contributed by atoms with Gasteiger partial charge in [-0.3, -0.25) is 0 Å². The molecule has 0 radical (unpaired) electrons. The van der Waals surface area contributed by atoms with E-state index in [2.05, 4.69) is 5.32 Å². The number of aliphatic hydroxyl groups excluding tert-OH is 1. The van der Waals surface area contributed by atoms with Crippen molar-refractivity contribution in [3.8, 4) is 0 Å². The number of furan rings is 1. The minimum Gasteiger partial charge on any atom is -0.467 e. The largest absolute Gasteiger partial charge is 0.467 e. The van der Waals surface area contributed by atoms with Crippen molar-refractivity contribution in [2.45, 2.75) is 12.7 Å². The Morgan fingerprint density at radius 3 is 2.81 bits per heavy atom. The molecule has 0 aliphatic rings. The van der Waals surface area contributed by atoms with Crippen molar-refractivity contribution in [1.82, 2.24) is 0 Å². The Morgan fingerprint density at radius 2 is 2.10 bits per heavy atom. The quantitative estimate of drug-likeness (QED) is 0.772. The summed E-state index contributed by atoms with van der Waals surface area (Å²) in [5.41, 5.74) is -0.349. The van der Waals surface area contributed by atoms with Crippen LogP contribution in [-0.4, -0.2) is 24.4 Å². The molecule has 1 atom stereocenters. The second-order valence-corrected chi connectivity index (χ2v) is 4.38. The van der Waals surface area contributed by atoms with E-state index >= 15 is 0 Å². The summed E-state index contributed by atoms with van der Waals surface area (Å²) in [6, 6.07) is 4.69. The van der Waals surface area contributed by atoms with E-state index in [0.29, 0.717) is 11.8 Å². The van der Waals surface area contributed by atoms with E-state index < -0.39 is 23.6 Å². The van der Waals surface area contributed by atoms with Crippen LogP contribution in [-0.2, 0) is 11.3 Å². The fourth-order valence-electron chi connectivity index (χ4n) is 1.66. The number of hydrogen-bond acceptors (Lipinski definition) is 4. The molecule has 1 unspecified atom stereocenters. The normalized spacial score (nSPS) is 12.4. The van der Waals surface area contributed by atoms with Gasteiger partial charge in [0.15, 0.2) is 11.6 Å². The van der Waals surface area contributed by atoms with Crippen LogP contribution < -0.4 is 5.32 Å². The van der Waals surface area contributed by atoms with Crippen LogP contribution in [0, 0.1) is 17.5 Å². The molecule has 0 aliphatic carbocycles. The van der Waals surface area contributed by atoms with Gasteiger partial charge in [-0.2, -0.15) is 0 Å². The topological polar surface area (TPSA) is 54.6 Å². The standard InChI is InChI=1S/C14H14F3NO3/c15-9-4-12(16)14(17)13(5-9)18-6-10(19)7-20-8-11-2-1-3-21-11/h1-5,10,18-19H,6-8H2. The van der Waals surface area contributed by atoms with Crippen molar-refractivity contribution in [2.24, 2.45) is 0 Å². The fourth-order valence-corrected chi connectivity index (χ4v) is 1.66. The second-order valence-electron chi connectivity index (χ2n) is 4.38. The first-order chi connectivity index (χ1) is 10.1. The molecule has 0 aliphatic heterocycles. The van der Waals surface area contributed by atoms with Gasteiger partial charge in [0.05, 0.1) is 24.7 Å². The molecule has 4 nitrogen and oxygen atoms in total. The van der Waals surface area contributed by atoms with Crippen LogP contribution in [0.25, 0.3) is 0 Å². The van der Waals surface area contributed by atoms with Gasteiger partial charge in [-0.15, -0.1) is 0 Å². The van der Waals surface area contributed by atoms with Crippen molar-refractivity contribution < 1.29 is 27.4 Å². The Balaban J connectivity index is 1.77. The van der Waals surface area contributed by atoms with Gasteiger partial charge in [-0.1, -0.05) is 0 Å². The molecule has 114 valence electrons. The zero-order valence-electron chi connectivity index (χ0n) is 11.0. The summed E-state index contributed by atoms with van der Waals surface area (Å²) in [5, 5.41) is 12.1. The molecular weight excluding hydrogens is 287 g/mol. The maximum absolute atomic E-state index is 13.3. The molecule has 7 heteroatoms. The van der Waals surface area contributed by atoms with Crippen LogP contribution in [0.2, 0.25) is 0 Å². The molecule has 2 N–H and O–H groups in total. The molecule has 1 aromatic carbocycles. The lowest BCUT2D eigenvalue weighted by atomic mass is 10.2. The van der Waals surface area contributed by atoms with Gasteiger partial charge in [0.2, 0.25) is 0 Å². The third-order valence-corrected chi connectivity index (χ3v) is 2.66. The minimum atomic E-state index is -1.29. The first-order valence-electron chi connectivity index (χ1n) is 6.23. The number of aliphatic hydroxyl groups is 1. The number of ether oxygens (including phenoxy) is 1. The van der Waals surface area contributed by atoms with Gasteiger partial charge in [0.1, 0.15) is 18.2 Å². The smallest absolute Gasteiger partial charge is 0.182 e. The van der Waals surface area contributed by atoms with Gasteiger partial charge < -0.3 is 19.6 Å². The summed E-state index contributed by atoms with van der Waals surface area (Å²) in [5.74, 6) is -2.78. The number of halogens is 3. The van der Waals surface area contributed by atoms with E-state index in [-0.39, 0.29) is 25.4 Å². The van der Waals surface area contributed by atoms with Crippen LogP contribution in [0.15, 0.2) is 34.9 Å². The number of anilines is 1. The Bertz CT molecular complexity index is 575. The van der Waals surface area contributed by atoms with E-state index in [0.717, 1.165) is 6.07 Å². The van der Waals surface area contributed by atoms with Gasteiger partial charge in [-0.05, 0) is 12.1 Å². The predicted molar refractivity (Wildman–Crippen MR) is 69.2 cm³/mol. The Kier molecular flexibility index (Phi) is 5.24. The Hall–Kier alpha value is -1.99. The van der Waals surface area contributed by atoms with Crippen molar-refractivity contribution in [3.05, 3.63) is 53.7 Å². The van der Waals surface area contributed by atoms with E-state index in [1.165, 1.54) is 6.26 Å². The van der Waals surface area contributed by atoms with E-state index in [1.807, 2.05) is 0 Å². The predicted octanol–water partition coefficient (Wildman–Crippen LogP) is 2.69. The molecule has 0 amide bonds. The molecule has 2 rings (SSSR count). The van der Waals surface area contributed by atoms with Crippen LogP contribution in [0.3, 0.4) is 0 Å². The summed E-state index contributed by atoms with van der Waals surface area (Å²) in [6.45, 7) is 0.0398. The second kappa shape index (κ2) is 7.14. The van der Waals surface area contributed by atoms with E-state index in [4.69, 9.17) is 9.15 Å². The third kappa shape index (κ3) is 4.51. The maximum Gasteiger partial charge on any atom is 0.182 e. The zero-order chi connectivity index (χ0) is 15.2. The van der Waals surface area contributed by atoms with Crippen molar-refractivity contribution in [2.75, 3.05) is 18.5 Å². The third-order valence-electron chi connectivity index (χ3n) is 2.66. The number of benzene rings is 1. The van der Waals surface area contributed by atoms with Crippen LogP contribution >= 0.6 is 0 Å². The van der Waals surface area contributed by atoms with Gasteiger partial charge in [0.25, 0.3) is 0 Å². The highest BCUT2D eigenvalue weighted by molar-refractivity contribution is 5.45. The maximum atomic E-state index is 13.3. The summed E-state index contributed by atoms with van der Waals surface area (Å²) < 4.78 is 49.5. The molecule has 21 heavy (non-hydrogen) atoms. The summed E-state index contributed by atoms with van der Waals surface area (Å²) in [6.07, 6.45) is 0.531. The fraction of sp³-hybridized carbons (Fsp3) is 0.286. The highest BCUT2D eigenvalue weighted by atomic mass is 19.2. The molecule has 0 spiro atoms. The lowest BCUT2D eigenvalue weighted by Crippen LogP contribution is -2.25. The van der Waals surface area contributed by atoms with Crippen LogP contribution in [0.5, 0.6) is 0 Å². The van der Waals surface area contributed by atoms with Crippen molar-refractivity contribution >= 4 is 5.69 Å². The highest BCUT2D eigenvalue weighted by Gasteiger charge is 2.12. The molecular formula is C14H14F3NO3.